The lowest BCUT2D eigenvalue weighted by atomic mass is 10.1. The number of nitrogens with two attached hydrogens (primary N) is 1. The molecule has 0 bridgehead atoms. The van der Waals surface area contributed by atoms with Crippen molar-refractivity contribution in [1.29, 1.82) is 0 Å². The zero-order valence-electron chi connectivity index (χ0n) is 11.7. The summed E-state index contributed by atoms with van der Waals surface area (Å²) in [6, 6.07) is 11.9. The number of ether oxygens (including phenoxy) is 1. The van der Waals surface area contributed by atoms with Crippen LogP contribution in [0, 0.1) is 0 Å². The van der Waals surface area contributed by atoms with Crippen molar-refractivity contribution in [2.75, 3.05) is 13.7 Å². The van der Waals surface area contributed by atoms with Crippen LogP contribution in [0.2, 0.25) is 0 Å². The highest BCUT2D eigenvalue weighted by Gasteiger charge is 2.14. The van der Waals surface area contributed by atoms with Gasteiger partial charge in [0.1, 0.15) is 11.4 Å². The van der Waals surface area contributed by atoms with E-state index in [0.717, 1.165) is 39.2 Å². The molecule has 4 nitrogen and oxygen atoms in total. The Morgan fingerprint density at radius 1 is 1.29 bits per heavy atom. The monoisotopic (exact) mass is 345 g/mol. The van der Waals surface area contributed by atoms with E-state index < -0.39 is 0 Å². The number of methoxy groups -OCH3 is 1. The molecule has 3 rings (SSSR count). The van der Waals surface area contributed by atoms with Gasteiger partial charge in [0.2, 0.25) is 0 Å². The maximum absolute atomic E-state index is 5.77. The van der Waals surface area contributed by atoms with Gasteiger partial charge in [0, 0.05) is 22.7 Å². The molecule has 21 heavy (non-hydrogen) atoms. The standard InChI is InChI=1S/C16H16BrN3O/c1-21-13-4-2-3-11(9-13)16-14(7-8-18)20-10-12(17)5-6-15(20)19-16/h2-6,9-10H,7-8,18H2,1H3. The van der Waals surface area contributed by atoms with Gasteiger partial charge in [-0.2, -0.15) is 0 Å². The lowest BCUT2D eigenvalue weighted by Gasteiger charge is -2.06. The second-order valence-electron chi connectivity index (χ2n) is 4.75. The Bertz CT molecular complexity index is 782. The zero-order chi connectivity index (χ0) is 14.8. The van der Waals surface area contributed by atoms with Gasteiger partial charge in [-0.05, 0) is 46.7 Å². The summed E-state index contributed by atoms with van der Waals surface area (Å²) < 4.78 is 8.41. The molecule has 108 valence electrons. The maximum Gasteiger partial charge on any atom is 0.137 e. The van der Waals surface area contributed by atoms with E-state index in [2.05, 4.69) is 20.3 Å². The molecular weight excluding hydrogens is 330 g/mol. The summed E-state index contributed by atoms with van der Waals surface area (Å²) in [5, 5.41) is 0. The van der Waals surface area contributed by atoms with Gasteiger partial charge in [-0.3, -0.25) is 0 Å². The summed E-state index contributed by atoms with van der Waals surface area (Å²) in [4.78, 5) is 4.75. The van der Waals surface area contributed by atoms with Crippen LogP contribution in [0.15, 0.2) is 47.1 Å². The highest BCUT2D eigenvalue weighted by molar-refractivity contribution is 9.10. The second kappa shape index (κ2) is 5.87. The van der Waals surface area contributed by atoms with Crippen LogP contribution in [0.1, 0.15) is 5.69 Å². The molecule has 0 unspecified atom stereocenters. The number of aromatic nitrogens is 2. The average Bonchev–Trinajstić information content (AvgIpc) is 2.86. The third-order valence-corrected chi connectivity index (χ3v) is 3.87. The van der Waals surface area contributed by atoms with E-state index in [1.54, 1.807) is 7.11 Å². The summed E-state index contributed by atoms with van der Waals surface area (Å²) in [5.41, 5.74) is 9.80. The molecule has 0 radical (unpaired) electrons. The van der Waals surface area contributed by atoms with Crippen molar-refractivity contribution in [2.45, 2.75) is 6.42 Å². The Morgan fingerprint density at radius 2 is 2.14 bits per heavy atom. The van der Waals surface area contributed by atoms with Crippen LogP contribution >= 0.6 is 15.9 Å². The van der Waals surface area contributed by atoms with Crippen LogP contribution in [0.25, 0.3) is 16.9 Å². The molecule has 2 aromatic heterocycles. The number of halogens is 1. The van der Waals surface area contributed by atoms with E-state index >= 15 is 0 Å². The van der Waals surface area contributed by atoms with E-state index in [1.165, 1.54) is 0 Å². The topological polar surface area (TPSA) is 52.5 Å². The Labute approximate surface area is 131 Å². The Balaban J connectivity index is 2.22. The first-order valence-corrected chi connectivity index (χ1v) is 7.53. The number of hydrogen-bond donors (Lipinski definition) is 1. The van der Waals surface area contributed by atoms with Gasteiger partial charge in [-0.25, -0.2) is 4.98 Å². The highest BCUT2D eigenvalue weighted by atomic mass is 79.9. The molecule has 0 atom stereocenters. The normalized spacial score (nSPS) is 11.0. The van der Waals surface area contributed by atoms with E-state index in [1.807, 2.05) is 42.6 Å². The van der Waals surface area contributed by atoms with Crippen molar-refractivity contribution in [3.8, 4) is 17.0 Å². The van der Waals surface area contributed by atoms with Crippen molar-refractivity contribution in [3.05, 3.63) is 52.8 Å². The van der Waals surface area contributed by atoms with Crippen LogP contribution < -0.4 is 10.5 Å². The molecule has 0 saturated carbocycles. The molecule has 0 saturated heterocycles. The fourth-order valence-electron chi connectivity index (χ4n) is 2.44. The molecule has 5 heteroatoms. The number of rotatable bonds is 4. The van der Waals surface area contributed by atoms with Crippen molar-refractivity contribution < 1.29 is 4.74 Å². The predicted octanol–water partition coefficient (Wildman–Crippen LogP) is 3.27. The smallest absolute Gasteiger partial charge is 0.137 e. The minimum atomic E-state index is 0.581. The minimum absolute atomic E-state index is 0.581. The molecule has 1 aromatic carbocycles. The Morgan fingerprint density at radius 3 is 2.90 bits per heavy atom. The lowest BCUT2D eigenvalue weighted by molar-refractivity contribution is 0.415. The van der Waals surface area contributed by atoms with Crippen LogP contribution in [-0.4, -0.2) is 23.0 Å². The largest absolute Gasteiger partial charge is 0.497 e. The van der Waals surface area contributed by atoms with E-state index in [4.69, 9.17) is 15.5 Å². The number of hydrogen-bond acceptors (Lipinski definition) is 3. The van der Waals surface area contributed by atoms with Gasteiger partial charge in [0.25, 0.3) is 0 Å². The zero-order valence-corrected chi connectivity index (χ0v) is 13.3. The molecule has 0 amide bonds. The number of fused-ring (bicyclic) bond motifs is 1. The average molecular weight is 346 g/mol. The summed E-state index contributed by atoms with van der Waals surface area (Å²) in [7, 11) is 1.67. The number of nitrogens with zero attached hydrogens (tertiary/aromatic N) is 2. The Hall–Kier alpha value is -1.85. The number of benzene rings is 1. The van der Waals surface area contributed by atoms with Crippen molar-refractivity contribution in [2.24, 2.45) is 5.73 Å². The molecule has 0 fully saturated rings. The molecule has 0 aliphatic rings. The summed E-state index contributed by atoms with van der Waals surface area (Å²) >= 11 is 3.51. The first kappa shape index (κ1) is 14.1. The van der Waals surface area contributed by atoms with Gasteiger partial charge in [-0.15, -0.1) is 0 Å². The van der Waals surface area contributed by atoms with Crippen LogP contribution in [0.3, 0.4) is 0 Å². The highest BCUT2D eigenvalue weighted by Crippen LogP contribution is 2.28. The maximum atomic E-state index is 5.77. The van der Waals surface area contributed by atoms with E-state index in [9.17, 15) is 0 Å². The molecule has 2 heterocycles. The van der Waals surface area contributed by atoms with Gasteiger partial charge in [-0.1, -0.05) is 12.1 Å². The molecule has 0 aliphatic carbocycles. The van der Waals surface area contributed by atoms with Crippen LogP contribution in [0.4, 0.5) is 0 Å². The van der Waals surface area contributed by atoms with E-state index in [0.29, 0.717) is 6.54 Å². The fraction of sp³-hybridized carbons (Fsp3) is 0.188. The molecule has 3 aromatic rings. The van der Waals surface area contributed by atoms with Crippen LogP contribution in [0.5, 0.6) is 5.75 Å². The predicted molar refractivity (Wildman–Crippen MR) is 87.6 cm³/mol. The number of pyridine rings is 1. The summed E-state index contributed by atoms with van der Waals surface area (Å²) in [5.74, 6) is 0.824. The van der Waals surface area contributed by atoms with Crippen LogP contribution in [-0.2, 0) is 6.42 Å². The second-order valence-corrected chi connectivity index (χ2v) is 5.67. The molecule has 0 aliphatic heterocycles. The molecule has 2 N–H and O–H groups in total. The molecule has 0 spiro atoms. The van der Waals surface area contributed by atoms with Gasteiger partial charge in [0.05, 0.1) is 18.5 Å². The van der Waals surface area contributed by atoms with Crippen molar-refractivity contribution in [3.63, 3.8) is 0 Å². The minimum Gasteiger partial charge on any atom is -0.497 e. The van der Waals surface area contributed by atoms with Crippen molar-refractivity contribution in [1.82, 2.24) is 9.38 Å². The number of imidazole rings is 1. The van der Waals surface area contributed by atoms with E-state index in [-0.39, 0.29) is 0 Å². The lowest BCUT2D eigenvalue weighted by Crippen LogP contribution is -2.06. The first-order valence-electron chi connectivity index (χ1n) is 6.74. The summed E-state index contributed by atoms with van der Waals surface area (Å²) in [6.07, 6.45) is 2.79. The molecular formula is C16H16BrN3O. The SMILES string of the molecule is COc1cccc(-c2nc3ccc(Br)cn3c2CCN)c1. The van der Waals surface area contributed by atoms with Crippen molar-refractivity contribution >= 4 is 21.6 Å². The third kappa shape index (κ3) is 2.66. The van der Waals surface area contributed by atoms with Gasteiger partial charge >= 0.3 is 0 Å². The Kier molecular flexibility index (Phi) is 3.94. The van der Waals surface area contributed by atoms with Gasteiger partial charge < -0.3 is 14.9 Å². The quantitative estimate of drug-likeness (QED) is 0.789. The summed E-state index contributed by atoms with van der Waals surface area (Å²) in [6.45, 7) is 0.581. The third-order valence-electron chi connectivity index (χ3n) is 3.41. The van der Waals surface area contributed by atoms with Gasteiger partial charge in [0.15, 0.2) is 0 Å². The fourth-order valence-corrected chi connectivity index (χ4v) is 2.78. The first-order chi connectivity index (χ1) is 10.2.